The fourth-order valence-corrected chi connectivity index (χ4v) is 2.93. The molecule has 1 heterocycles. The van der Waals surface area contributed by atoms with Gasteiger partial charge in [-0.05, 0) is 37.5 Å². The highest BCUT2D eigenvalue weighted by Crippen LogP contribution is 2.26. The summed E-state index contributed by atoms with van der Waals surface area (Å²) in [5.74, 6) is 1.13. The van der Waals surface area contributed by atoms with Crippen molar-refractivity contribution in [2.75, 3.05) is 11.1 Å². The van der Waals surface area contributed by atoms with Crippen LogP contribution in [0.15, 0.2) is 23.2 Å². The molecular formula is C13H17ClN2S. The molecule has 0 fully saturated rings. The second kappa shape index (κ2) is 5.78. The lowest BCUT2D eigenvalue weighted by molar-refractivity contribution is 0.634. The van der Waals surface area contributed by atoms with Crippen LogP contribution in [0.3, 0.4) is 0 Å². The van der Waals surface area contributed by atoms with Crippen LogP contribution in [0.5, 0.6) is 0 Å². The average molecular weight is 269 g/mol. The van der Waals surface area contributed by atoms with Crippen LogP contribution in [0.25, 0.3) is 0 Å². The predicted octanol–water partition coefficient (Wildman–Crippen LogP) is 4.33. The van der Waals surface area contributed by atoms with Crippen LogP contribution in [-0.2, 0) is 0 Å². The van der Waals surface area contributed by atoms with E-state index in [1.807, 2.05) is 12.1 Å². The Hall–Kier alpha value is -0.670. The van der Waals surface area contributed by atoms with E-state index in [4.69, 9.17) is 11.6 Å². The van der Waals surface area contributed by atoms with Crippen molar-refractivity contribution in [2.45, 2.75) is 32.7 Å². The number of hydrogen-bond donors (Lipinski definition) is 1. The summed E-state index contributed by atoms with van der Waals surface area (Å²) < 4.78 is 0. The standard InChI is InChI=1S/C13H17ClN2S/c1-3-10-6-7-17-13(15-10)16-12-8-9(2)4-5-11(12)14/h4-5,8,10H,3,6-7H2,1-2H3,(H,15,16). The number of hydrogen-bond acceptors (Lipinski definition) is 3. The Morgan fingerprint density at radius 1 is 1.53 bits per heavy atom. The quantitative estimate of drug-likeness (QED) is 0.863. The first-order valence-electron chi connectivity index (χ1n) is 5.93. The normalized spacial score (nSPS) is 19.9. The minimum atomic E-state index is 0.460. The topological polar surface area (TPSA) is 24.4 Å². The van der Waals surface area contributed by atoms with Gasteiger partial charge in [0, 0.05) is 5.75 Å². The molecule has 0 saturated heterocycles. The van der Waals surface area contributed by atoms with Crippen molar-refractivity contribution in [3.05, 3.63) is 28.8 Å². The van der Waals surface area contributed by atoms with Gasteiger partial charge in [0.25, 0.3) is 0 Å². The molecule has 1 atom stereocenters. The molecule has 4 heteroatoms. The van der Waals surface area contributed by atoms with Crippen molar-refractivity contribution in [3.8, 4) is 0 Å². The Labute approximate surface area is 112 Å². The molecule has 2 nitrogen and oxygen atoms in total. The van der Waals surface area contributed by atoms with Crippen LogP contribution in [0, 0.1) is 6.92 Å². The van der Waals surface area contributed by atoms with Gasteiger partial charge in [-0.1, -0.05) is 36.4 Å². The van der Waals surface area contributed by atoms with Crippen molar-refractivity contribution in [3.63, 3.8) is 0 Å². The summed E-state index contributed by atoms with van der Waals surface area (Å²) in [4.78, 5) is 4.68. The van der Waals surface area contributed by atoms with Crippen LogP contribution >= 0.6 is 23.4 Å². The van der Waals surface area contributed by atoms with Crippen molar-refractivity contribution in [1.82, 2.24) is 0 Å². The lowest BCUT2D eigenvalue weighted by atomic mass is 10.2. The number of thioether (sulfide) groups is 1. The van der Waals surface area contributed by atoms with Crippen molar-refractivity contribution >= 4 is 34.2 Å². The minimum absolute atomic E-state index is 0.460. The molecule has 2 rings (SSSR count). The van der Waals surface area contributed by atoms with E-state index in [1.54, 1.807) is 11.8 Å². The number of benzene rings is 1. The fourth-order valence-electron chi connectivity index (χ4n) is 1.77. The molecule has 1 aliphatic rings. The predicted molar refractivity (Wildman–Crippen MR) is 78.4 cm³/mol. The molecule has 1 unspecified atom stereocenters. The zero-order valence-corrected chi connectivity index (χ0v) is 11.7. The summed E-state index contributed by atoms with van der Waals surface area (Å²) in [6, 6.07) is 6.45. The Balaban J connectivity index is 2.15. The Morgan fingerprint density at radius 2 is 2.35 bits per heavy atom. The molecule has 1 aromatic rings. The average Bonchev–Trinajstić information content (AvgIpc) is 2.34. The third-order valence-corrected chi connectivity index (χ3v) is 4.07. The van der Waals surface area contributed by atoms with E-state index in [9.17, 15) is 0 Å². The second-order valence-corrected chi connectivity index (χ2v) is 5.73. The van der Waals surface area contributed by atoms with Crippen molar-refractivity contribution < 1.29 is 0 Å². The van der Waals surface area contributed by atoms with Crippen molar-refractivity contribution in [1.29, 1.82) is 0 Å². The van der Waals surface area contributed by atoms with E-state index < -0.39 is 0 Å². The zero-order valence-electron chi connectivity index (χ0n) is 10.2. The van der Waals surface area contributed by atoms with Gasteiger partial charge in [0.2, 0.25) is 0 Å². The monoisotopic (exact) mass is 268 g/mol. The molecule has 0 aliphatic carbocycles. The molecule has 0 spiro atoms. The number of anilines is 1. The zero-order chi connectivity index (χ0) is 12.3. The first kappa shape index (κ1) is 12.8. The number of nitrogens with one attached hydrogen (secondary N) is 1. The van der Waals surface area contributed by atoms with Crippen LogP contribution in [0.2, 0.25) is 5.02 Å². The molecule has 92 valence electrons. The van der Waals surface area contributed by atoms with Gasteiger partial charge in [-0.2, -0.15) is 0 Å². The molecule has 1 N–H and O–H groups in total. The van der Waals surface area contributed by atoms with E-state index in [1.165, 1.54) is 12.0 Å². The van der Waals surface area contributed by atoms with E-state index in [2.05, 4.69) is 30.2 Å². The maximum Gasteiger partial charge on any atom is 0.161 e. The van der Waals surface area contributed by atoms with Gasteiger partial charge in [-0.15, -0.1) is 0 Å². The number of amidine groups is 1. The number of rotatable bonds is 2. The lowest BCUT2D eigenvalue weighted by Crippen LogP contribution is -2.19. The van der Waals surface area contributed by atoms with Crippen LogP contribution in [0.4, 0.5) is 5.69 Å². The summed E-state index contributed by atoms with van der Waals surface area (Å²) in [6.07, 6.45) is 2.28. The Kier molecular flexibility index (Phi) is 4.35. The third-order valence-electron chi connectivity index (χ3n) is 2.82. The molecule has 0 radical (unpaired) electrons. The SMILES string of the molecule is CCC1CCSC(Nc2cc(C)ccc2Cl)=N1. The summed E-state index contributed by atoms with van der Waals surface area (Å²) in [6.45, 7) is 4.24. The van der Waals surface area contributed by atoms with Gasteiger partial charge in [0.15, 0.2) is 5.17 Å². The fraction of sp³-hybridized carbons (Fsp3) is 0.462. The van der Waals surface area contributed by atoms with Gasteiger partial charge < -0.3 is 5.32 Å². The Morgan fingerprint density at radius 3 is 3.12 bits per heavy atom. The van der Waals surface area contributed by atoms with Crippen LogP contribution in [0.1, 0.15) is 25.3 Å². The maximum absolute atomic E-state index is 6.16. The molecule has 0 bridgehead atoms. The first-order valence-corrected chi connectivity index (χ1v) is 7.29. The minimum Gasteiger partial charge on any atom is -0.334 e. The second-order valence-electron chi connectivity index (χ2n) is 4.24. The maximum atomic E-state index is 6.16. The molecule has 0 aromatic heterocycles. The van der Waals surface area contributed by atoms with Gasteiger partial charge in [-0.25, -0.2) is 0 Å². The smallest absolute Gasteiger partial charge is 0.161 e. The number of aryl methyl sites for hydroxylation is 1. The molecule has 0 saturated carbocycles. The Bertz CT molecular complexity index is 431. The van der Waals surface area contributed by atoms with Crippen LogP contribution < -0.4 is 5.32 Å². The molecule has 0 amide bonds. The molecule has 1 aromatic carbocycles. The third kappa shape index (κ3) is 3.39. The van der Waals surface area contributed by atoms with E-state index in [-0.39, 0.29) is 0 Å². The number of nitrogens with zero attached hydrogens (tertiary/aromatic N) is 1. The van der Waals surface area contributed by atoms with E-state index in [0.29, 0.717) is 6.04 Å². The number of aliphatic imine (C=N–C) groups is 1. The molecule has 1 aliphatic heterocycles. The van der Waals surface area contributed by atoms with Crippen LogP contribution in [-0.4, -0.2) is 17.0 Å². The lowest BCUT2D eigenvalue weighted by Gasteiger charge is -2.20. The van der Waals surface area contributed by atoms with E-state index in [0.717, 1.165) is 28.1 Å². The molecule has 17 heavy (non-hydrogen) atoms. The highest BCUT2D eigenvalue weighted by Gasteiger charge is 2.14. The number of halogens is 1. The molecular weight excluding hydrogens is 252 g/mol. The summed E-state index contributed by atoms with van der Waals surface area (Å²) in [7, 11) is 0. The summed E-state index contributed by atoms with van der Waals surface area (Å²) >= 11 is 7.93. The highest BCUT2D eigenvalue weighted by atomic mass is 35.5. The van der Waals surface area contributed by atoms with Crippen molar-refractivity contribution in [2.24, 2.45) is 4.99 Å². The van der Waals surface area contributed by atoms with Gasteiger partial charge in [-0.3, -0.25) is 4.99 Å². The largest absolute Gasteiger partial charge is 0.334 e. The van der Waals surface area contributed by atoms with Gasteiger partial charge >= 0.3 is 0 Å². The van der Waals surface area contributed by atoms with E-state index >= 15 is 0 Å². The summed E-state index contributed by atoms with van der Waals surface area (Å²) in [5.41, 5.74) is 2.15. The summed E-state index contributed by atoms with van der Waals surface area (Å²) in [5, 5.41) is 5.08. The van der Waals surface area contributed by atoms with Gasteiger partial charge in [0.05, 0.1) is 16.8 Å². The highest BCUT2D eigenvalue weighted by molar-refractivity contribution is 8.14. The van der Waals surface area contributed by atoms with Gasteiger partial charge in [0.1, 0.15) is 0 Å². The first-order chi connectivity index (χ1) is 8.19.